The highest BCUT2D eigenvalue weighted by atomic mass is 32.1. The number of benzene rings is 1. The molecule has 3 heterocycles. The van der Waals surface area contributed by atoms with Gasteiger partial charge in [-0.1, -0.05) is 51.1 Å². The summed E-state index contributed by atoms with van der Waals surface area (Å²) < 4.78 is 0. The van der Waals surface area contributed by atoms with Gasteiger partial charge in [-0.2, -0.15) is 0 Å². The number of piperidine rings is 1. The minimum absolute atomic E-state index is 0.0929. The lowest BCUT2D eigenvalue weighted by molar-refractivity contribution is -0.145. The molecule has 1 aromatic carbocycles. The predicted octanol–water partition coefficient (Wildman–Crippen LogP) is 5.24. The number of carbonyl (C=O) groups is 1. The van der Waals surface area contributed by atoms with Crippen LogP contribution >= 0.6 is 11.3 Å². The maximum atomic E-state index is 11.8. The summed E-state index contributed by atoms with van der Waals surface area (Å²) in [5.74, 6) is 0.146. The second-order valence-electron chi connectivity index (χ2n) is 9.44. The number of carboxylic acid groups (broad SMARTS) is 1. The van der Waals surface area contributed by atoms with Gasteiger partial charge in [0, 0.05) is 35.5 Å². The van der Waals surface area contributed by atoms with E-state index >= 15 is 0 Å². The standard InChI is InChI=1S/C24H29N3O2S/c1-15-25-21(16-8-6-5-7-9-16)20-11-19(30-22(20)26-15)14-27-12-17(23(28)29)10-18(13-27)24(2,3)4/h5-9,11,17-18H,10,12-14H2,1-4H3,(H,28,29)/t17-,18-/m1/s1. The second kappa shape index (κ2) is 8.08. The van der Waals surface area contributed by atoms with Gasteiger partial charge in [0.1, 0.15) is 10.7 Å². The van der Waals surface area contributed by atoms with Gasteiger partial charge in [0.25, 0.3) is 0 Å². The smallest absolute Gasteiger partial charge is 0.307 e. The van der Waals surface area contributed by atoms with Crippen molar-refractivity contribution in [3.8, 4) is 11.3 Å². The summed E-state index contributed by atoms with van der Waals surface area (Å²) in [4.78, 5) is 25.7. The molecule has 1 aliphatic heterocycles. The van der Waals surface area contributed by atoms with Crippen LogP contribution in [-0.4, -0.2) is 39.0 Å². The molecule has 0 saturated carbocycles. The number of aromatic nitrogens is 2. The molecule has 0 bridgehead atoms. The van der Waals surface area contributed by atoms with Gasteiger partial charge in [-0.15, -0.1) is 11.3 Å². The Bertz CT molecular complexity index is 1060. The second-order valence-corrected chi connectivity index (χ2v) is 10.6. The Kier molecular flexibility index (Phi) is 5.64. The van der Waals surface area contributed by atoms with Gasteiger partial charge in [-0.25, -0.2) is 9.97 Å². The number of rotatable bonds is 4. The normalized spacial score (nSPS) is 20.5. The lowest BCUT2D eigenvalue weighted by Crippen LogP contribution is -2.46. The van der Waals surface area contributed by atoms with Crippen molar-refractivity contribution in [3.05, 3.63) is 47.1 Å². The Hall–Kier alpha value is -2.31. The van der Waals surface area contributed by atoms with E-state index in [4.69, 9.17) is 4.98 Å². The van der Waals surface area contributed by atoms with Crippen LogP contribution in [0.4, 0.5) is 0 Å². The van der Waals surface area contributed by atoms with Crippen molar-refractivity contribution in [2.45, 2.75) is 40.7 Å². The first kappa shape index (κ1) is 20.9. The monoisotopic (exact) mass is 423 g/mol. The molecule has 30 heavy (non-hydrogen) atoms. The van der Waals surface area contributed by atoms with E-state index in [-0.39, 0.29) is 11.3 Å². The fourth-order valence-corrected chi connectivity index (χ4v) is 5.43. The zero-order valence-electron chi connectivity index (χ0n) is 18.1. The van der Waals surface area contributed by atoms with Gasteiger partial charge in [0.05, 0.1) is 11.6 Å². The summed E-state index contributed by atoms with van der Waals surface area (Å²) >= 11 is 1.69. The molecule has 4 rings (SSSR count). The molecule has 0 unspecified atom stereocenters. The molecular weight excluding hydrogens is 394 g/mol. The molecule has 1 aliphatic rings. The lowest BCUT2D eigenvalue weighted by Gasteiger charge is -2.42. The van der Waals surface area contributed by atoms with E-state index in [0.29, 0.717) is 12.5 Å². The molecular formula is C24H29N3O2S. The third kappa shape index (κ3) is 4.40. The average molecular weight is 424 g/mol. The number of likely N-dealkylation sites (tertiary alicyclic amines) is 1. The van der Waals surface area contributed by atoms with Crippen LogP contribution in [0.1, 0.15) is 37.9 Å². The van der Waals surface area contributed by atoms with Crippen molar-refractivity contribution >= 4 is 27.5 Å². The van der Waals surface area contributed by atoms with E-state index < -0.39 is 5.97 Å². The summed E-state index contributed by atoms with van der Waals surface area (Å²) in [6.45, 7) is 10.9. The molecule has 5 nitrogen and oxygen atoms in total. The van der Waals surface area contributed by atoms with Crippen LogP contribution < -0.4 is 0 Å². The first-order valence-corrected chi connectivity index (χ1v) is 11.3. The highest BCUT2D eigenvalue weighted by Crippen LogP contribution is 2.37. The van der Waals surface area contributed by atoms with Crippen LogP contribution in [0.2, 0.25) is 0 Å². The minimum Gasteiger partial charge on any atom is -0.481 e. The quantitative estimate of drug-likeness (QED) is 0.622. The Morgan fingerprint density at radius 2 is 1.93 bits per heavy atom. The van der Waals surface area contributed by atoms with Crippen LogP contribution in [0.25, 0.3) is 21.5 Å². The highest BCUT2D eigenvalue weighted by Gasteiger charge is 2.37. The number of hydrogen-bond donors (Lipinski definition) is 1. The number of hydrogen-bond acceptors (Lipinski definition) is 5. The summed E-state index contributed by atoms with van der Waals surface area (Å²) in [7, 11) is 0. The van der Waals surface area contributed by atoms with Crippen molar-refractivity contribution in [2.24, 2.45) is 17.3 Å². The molecule has 3 aromatic rings. The zero-order chi connectivity index (χ0) is 21.5. The molecule has 0 aliphatic carbocycles. The summed E-state index contributed by atoms with van der Waals surface area (Å²) in [6.07, 6.45) is 0.755. The van der Waals surface area contributed by atoms with Gasteiger partial charge < -0.3 is 5.11 Å². The van der Waals surface area contributed by atoms with Gasteiger partial charge >= 0.3 is 5.97 Å². The van der Waals surface area contributed by atoms with Gasteiger partial charge in [0.2, 0.25) is 0 Å². The molecule has 0 radical (unpaired) electrons. The van der Waals surface area contributed by atoms with Crippen molar-refractivity contribution in [3.63, 3.8) is 0 Å². The molecule has 2 atom stereocenters. The van der Waals surface area contributed by atoms with Crippen LogP contribution in [0, 0.1) is 24.2 Å². The van der Waals surface area contributed by atoms with Crippen LogP contribution in [-0.2, 0) is 11.3 Å². The summed E-state index contributed by atoms with van der Waals surface area (Å²) in [6, 6.07) is 12.4. The topological polar surface area (TPSA) is 66.3 Å². The van der Waals surface area contributed by atoms with Gasteiger partial charge in [-0.3, -0.25) is 9.69 Å². The number of nitrogens with zero attached hydrogens (tertiary/aromatic N) is 3. The SMILES string of the molecule is Cc1nc(-c2ccccc2)c2cc(CN3C[C@H](C(=O)O)C[C@@H](C(C)(C)C)C3)sc2n1. The minimum atomic E-state index is -0.682. The van der Waals surface area contributed by atoms with E-state index in [0.717, 1.165) is 46.8 Å². The van der Waals surface area contributed by atoms with Crippen molar-refractivity contribution in [1.29, 1.82) is 0 Å². The maximum absolute atomic E-state index is 11.8. The number of fused-ring (bicyclic) bond motifs is 1. The van der Waals surface area contributed by atoms with Crippen molar-refractivity contribution in [2.75, 3.05) is 13.1 Å². The van der Waals surface area contributed by atoms with E-state index in [1.165, 1.54) is 4.88 Å². The Morgan fingerprint density at radius 1 is 1.20 bits per heavy atom. The van der Waals surface area contributed by atoms with Crippen molar-refractivity contribution in [1.82, 2.24) is 14.9 Å². The van der Waals surface area contributed by atoms with E-state index in [2.05, 4.69) is 48.9 Å². The van der Waals surface area contributed by atoms with E-state index in [1.807, 2.05) is 25.1 Å². The van der Waals surface area contributed by atoms with Crippen molar-refractivity contribution < 1.29 is 9.90 Å². The van der Waals surface area contributed by atoms with E-state index in [9.17, 15) is 9.90 Å². The molecule has 1 fully saturated rings. The first-order valence-electron chi connectivity index (χ1n) is 10.5. The Morgan fingerprint density at radius 3 is 2.60 bits per heavy atom. The van der Waals surface area contributed by atoms with Gasteiger partial charge in [-0.05, 0) is 30.7 Å². The third-order valence-corrected chi connectivity index (χ3v) is 7.10. The highest BCUT2D eigenvalue weighted by molar-refractivity contribution is 7.18. The lowest BCUT2D eigenvalue weighted by atomic mass is 9.73. The first-order chi connectivity index (χ1) is 14.2. The molecule has 6 heteroatoms. The Labute approximate surface area is 181 Å². The molecule has 158 valence electrons. The molecule has 1 saturated heterocycles. The largest absolute Gasteiger partial charge is 0.481 e. The Balaban J connectivity index is 1.64. The molecule has 2 aromatic heterocycles. The average Bonchev–Trinajstić information content (AvgIpc) is 3.09. The maximum Gasteiger partial charge on any atom is 0.307 e. The number of aliphatic carboxylic acids is 1. The number of aryl methyl sites for hydroxylation is 1. The van der Waals surface area contributed by atoms with Crippen LogP contribution in [0.3, 0.4) is 0 Å². The molecule has 0 spiro atoms. The summed E-state index contributed by atoms with van der Waals surface area (Å²) in [5, 5.41) is 10.7. The molecule has 0 amide bonds. The fraction of sp³-hybridized carbons (Fsp3) is 0.458. The van der Waals surface area contributed by atoms with Crippen LogP contribution in [0.15, 0.2) is 36.4 Å². The van der Waals surface area contributed by atoms with E-state index in [1.54, 1.807) is 11.3 Å². The van der Waals surface area contributed by atoms with Crippen LogP contribution in [0.5, 0.6) is 0 Å². The third-order valence-electron chi connectivity index (χ3n) is 6.08. The zero-order valence-corrected chi connectivity index (χ0v) is 18.9. The predicted molar refractivity (Wildman–Crippen MR) is 122 cm³/mol. The number of thiophene rings is 1. The summed E-state index contributed by atoms with van der Waals surface area (Å²) in [5.41, 5.74) is 2.15. The molecule has 1 N–H and O–H groups in total. The number of carboxylic acids is 1. The fourth-order valence-electron chi connectivity index (χ4n) is 4.32. The van der Waals surface area contributed by atoms with Gasteiger partial charge in [0.15, 0.2) is 0 Å².